The topological polar surface area (TPSA) is 119 Å². The Bertz CT molecular complexity index is 1300. The summed E-state index contributed by atoms with van der Waals surface area (Å²) in [5.41, 5.74) is 0.785. The molecule has 1 aliphatic carbocycles. The predicted octanol–water partition coefficient (Wildman–Crippen LogP) is 4.14. The normalized spacial score (nSPS) is 20.1. The van der Waals surface area contributed by atoms with Gasteiger partial charge < -0.3 is 20.6 Å². The first kappa shape index (κ1) is 27.0. The van der Waals surface area contributed by atoms with Crippen LogP contribution in [0.5, 0.6) is 0 Å². The van der Waals surface area contributed by atoms with Gasteiger partial charge in [0.1, 0.15) is 12.4 Å². The quantitative estimate of drug-likeness (QED) is 0.535. The molecule has 3 atom stereocenters. The molecule has 5 amide bonds. The molecule has 12 heteroatoms. The van der Waals surface area contributed by atoms with Crippen molar-refractivity contribution < 1.29 is 37.5 Å². The summed E-state index contributed by atoms with van der Waals surface area (Å²) in [7, 11) is 1.38. The van der Waals surface area contributed by atoms with E-state index in [1.54, 1.807) is 6.92 Å². The molecule has 2 aliphatic rings. The molecule has 202 valence electrons. The molecule has 2 aromatic carbocycles. The molecule has 9 nitrogen and oxygen atoms in total. The first-order chi connectivity index (χ1) is 18.0. The highest BCUT2D eigenvalue weighted by molar-refractivity contribution is 5.99. The van der Waals surface area contributed by atoms with E-state index >= 15 is 0 Å². The predicted molar refractivity (Wildman–Crippen MR) is 130 cm³/mol. The van der Waals surface area contributed by atoms with Crippen LogP contribution in [0.4, 0.5) is 28.4 Å². The van der Waals surface area contributed by atoms with Crippen molar-refractivity contribution in [3.63, 3.8) is 0 Å². The van der Waals surface area contributed by atoms with E-state index in [2.05, 4.69) is 10.6 Å². The third-order valence-electron chi connectivity index (χ3n) is 7.19. The molecule has 0 saturated carbocycles. The Kier molecular flexibility index (Phi) is 7.61. The summed E-state index contributed by atoms with van der Waals surface area (Å²) in [4.78, 5) is 52.1. The van der Waals surface area contributed by atoms with Crippen LogP contribution in [0.2, 0.25) is 0 Å². The Balaban J connectivity index is 1.55. The van der Waals surface area contributed by atoms with Gasteiger partial charge >= 0.3 is 12.1 Å². The number of rotatable bonds is 5. The summed E-state index contributed by atoms with van der Waals surface area (Å²) in [6, 6.07) is 4.56. The van der Waals surface area contributed by atoms with E-state index in [-0.39, 0.29) is 30.1 Å². The lowest BCUT2D eigenvalue weighted by atomic mass is 9.99. The molecule has 38 heavy (non-hydrogen) atoms. The molecule has 0 bridgehead atoms. The summed E-state index contributed by atoms with van der Waals surface area (Å²) in [5, 5.41) is 14.5. The van der Waals surface area contributed by atoms with Crippen molar-refractivity contribution >= 4 is 29.6 Å². The number of amides is 5. The van der Waals surface area contributed by atoms with Crippen molar-refractivity contribution in [2.75, 3.05) is 18.9 Å². The highest BCUT2D eigenvalue weighted by Crippen LogP contribution is 2.39. The zero-order chi connectivity index (χ0) is 27.7. The van der Waals surface area contributed by atoms with E-state index in [0.717, 1.165) is 12.1 Å². The van der Waals surface area contributed by atoms with Gasteiger partial charge in [0.25, 0.3) is 0 Å². The number of fused-ring (bicyclic) bond motifs is 1. The van der Waals surface area contributed by atoms with E-state index in [0.29, 0.717) is 28.9 Å². The molecule has 1 heterocycles. The molecule has 0 unspecified atom stereocenters. The third kappa shape index (κ3) is 5.02. The minimum atomic E-state index is -1.63. The van der Waals surface area contributed by atoms with Crippen molar-refractivity contribution in [2.45, 2.75) is 50.6 Å². The molecular formula is C26H27F3N4O5. The Labute approximate surface area is 216 Å². The van der Waals surface area contributed by atoms with E-state index in [1.807, 2.05) is 0 Å². The fourth-order valence-corrected chi connectivity index (χ4v) is 5.29. The maximum Gasteiger partial charge on any atom is 0.414 e. The van der Waals surface area contributed by atoms with Crippen LogP contribution >= 0.6 is 0 Å². The second-order valence-corrected chi connectivity index (χ2v) is 9.41. The first-order valence-electron chi connectivity index (χ1n) is 12.1. The van der Waals surface area contributed by atoms with Gasteiger partial charge in [0, 0.05) is 13.1 Å². The number of hydrogen-bond donors (Lipinski definition) is 3. The van der Waals surface area contributed by atoms with Crippen LogP contribution in [0, 0.1) is 17.5 Å². The number of carbonyl (C=O) groups is 4. The van der Waals surface area contributed by atoms with Crippen molar-refractivity contribution in [1.29, 1.82) is 0 Å². The van der Waals surface area contributed by atoms with E-state index in [9.17, 15) is 37.5 Å². The van der Waals surface area contributed by atoms with Gasteiger partial charge in [0.2, 0.25) is 11.8 Å². The number of carboxylic acid groups (broad SMARTS) is 1. The monoisotopic (exact) mass is 532 g/mol. The molecule has 1 fully saturated rings. The van der Waals surface area contributed by atoms with E-state index < -0.39 is 59.9 Å². The van der Waals surface area contributed by atoms with Crippen LogP contribution in [0.25, 0.3) is 0 Å². The van der Waals surface area contributed by atoms with Crippen molar-refractivity contribution in [1.82, 2.24) is 15.1 Å². The van der Waals surface area contributed by atoms with Gasteiger partial charge in [-0.15, -0.1) is 0 Å². The third-order valence-corrected chi connectivity index (χ3v) is 7.19. The fraction of sp³-hybridized carbons (Fsp3) is 0.385. The number of imide groups is 1. The van der Waals surface area contributed by atoms with E-state index in [4.69, 9.17) is 0 Å². The number of benzene rings is 2. The lowest BCUT2D eigenvalue weighted by Crippen LogP contribution is -2.48. The molecule has 0 spiro atoms. The minimum Gasteiger partial charge on any atom is -0.465 e. The van der Waals surface area contributed by atoms with Crippen LogP contribution < -0.4 is 10.6 Å². The van der Waals surface area contributed by atoms with Gasteiger partial charge in [0.05, 0.1) is 17.6 Å². The number of urea groups is 1. The second-order valence-electron chi connectivity index (χ2n) is 9.41. The minimum absolute atomic E-state index is 0.0761. The van der Waals surface area contributed by atoms with Gasteiger partial charge in [-0.3, -0.25) is 9.59 Å². The Morgan fingerprint density at radius 1 is 1.05 bits per heavy atom. The zero-order valence-electron chi connectivity index (χ0n) is 20.8. The van der Waals surface area contributed by atoms with Gasteiger partial charge in [-0.1, -0.05) is 12.1 Å². The molecule has 2 aromatic rings. The Morgan fingerprint density at radius 2 is 1.79 bits per heavy atom. The average Bonchev–Trinajstić information content (AvgIpc) is 3.49. The van der Waals surface area contributed by atoms with Gasteiger partial charge in [-0.25, -0.2) is 27.7 Å². The summed E-state index contributed by atoms with van der Waals surface area (Å²) in [6.07, 6.45) is -0.349. The van der Waals surface area contributed by atoms with Crippen LogP contribution in [-0.2, 0) is 16.0 Å². The lowest BCUT2D eigenvalue weighted by molar-refractivity contribution is -0.141. The van der Waals surface area contributed by atoms with Crippen LogP contribution in [0.3, 0.4) is 0 Å². The largest absolute Gasteiger partial charge is 0.465 e. The van der Waals surface area contributed by atoms with Crippen LogP contribution in [-0.4, -0.2) is 58.5 Å². The Morgan fingerprint density at radius 3 is 2.45 bits per heavy atom. The summed E-state index contributed by atoms with van der Waals surface area (Å²) < 4.78 is 42.3. The van der Waals surface area contributed by atoms with Crippen molar-refractivity contribution in [3.05, 3.63) is 64.5 Å². The summed E-state index contributed by atoms with van der Waals surface area (Å²) in [5.74, 6) is -5.31. The zero-order valence-corrected chi connectivity index (χ0v) is 20.8. The molecular weight excluding hydrogens is 505 g/mol. The smallest absolute Gasteiger partial charge is 0.414 e. The number of nitrogens with zero attached hydrogens (tertiary/aromatic N) is 2. The number of likely N-dealkylation sites (tertiary alicyclic amines) is 1. The molecule has 1 saturated heterocycles. The molecule has 0 radical (unpaired) electrons. The number of halogens is 3. The summed E-state index contributed by atoms with van der Waals surface area (Å²) >= 11 is 0. The molecule has 0 aromatic heterocycles. The number of nitrogens with one attached hydrogen (secondary N) is 2. The number of hydrogen-bond acceptors (Lipinski definition) is 4. The first-order valence-corrected chi connectivity index (χ1v) is 12.1. The van der Waals surface area contributed by atoms with Gasteiger partial charge in [0.15, 0.2) is 11.6 Å². The molecule has 3 N–H and O–H groups in total. The molecule has 1 aliphatic heterocycles. The van der Waals surface area contributed by atoms with Gasteiger partial charge in [-0.2, -0.15) is 0 Å². The average molecular weight is 533 g/mol. The number of carbonyl (C=O) groups excluding carboxylic acids is 3. The van der Waals surface area contributed by atoms with Crippen LogP contribution in [0.15, 0.2) is 30.3 Å². The standard InChI is InChI=1S/C26H27F3N4O5/c1-13-3-10-21(14-4-8-18(27)19(28)11-14)33(13)22(34)12-32(26(37)38)24(35)17-6-5-16-15(17)7-9-20(23(16)29)31-25(36)30-2/h4,7-9,11,13,17,21H,3,5-6,10,12H2,1-2H3,(H,37,38)(H2,30,31,36)/t13-,17-,21-/m0/s1. The maximum absolute atomic E-state index is 15.0. The highest BCUT2D eigenvalue weighted by atomic mass is 19.2. The SMILES string of the molecule is CNC(=O)Nc1ccc2c(c1F)CC[C@@H]2C(=O)N(CC(=O)N1[C@@H](C)CC[C@H]1c1ccc(F)c(F)c1)C(=O)O. The lowest BCUT2D eigenvalue weighted by Gasteiger charge is -2.31. The molecule has 4 rings (SSSR count). The Hall–Kier alpha value is -4.09. The number of anilines is 1. The van der Waals surface area contributed by atoms with Gasteiger partial charge in [-0.05, 0) is 67.5 Å². The highest BCUT2D eigenvalue weighted by Gasteiger charge is 2.41. The van der Waals surface area contributed by atoms with Crippen molar-refractivity contribution in [3.8, 4) is 0 Å². The second kappa shape index (κ2) is 10.7. The van der Waals surface area contributed by atoms with E-state index in [1.165, 1.54) is 30.1 Å². The van der Waals surface area contributed by atoms with Crippen LogP contribution in [0.1, 0.15) is 54.8 Å². The fourth-order valence-electron chi connectivity index (χ4n) is 5.29. The maximum atomic E-state index is 15.0. The van der Waals surface area contributed by atoms with Crippen molar-refractivity contribution in [2.24, 2.45) is 0 Å². The summed E-state index contributed by atoms with van der Waals surface area (Å²) in [6.45, 7) is 0.981.